The summed E-state index contributed by atoms with van der Waals surface area (Å²) >= 11 is 0. The van der Waals surface area contributed by atoms with Gasteiger partial charge in [-0.05, 0) is 49.8 Å². The van der Waals surface area contributed by atoms with Crippen molar-refractivity contribution in [2.75, 3.05) is 37.5 Å². The van der Waals surface area contributed by atoms with Gasteiger partial charge in [0.1, 0.15) is 5.82 Å². The second-order valence-corrected chi connectivity index (χ2v) is 14.3. The highest BCUT2D eigenvalue weighted by Crippen LogP contribution is 2.38. The second kappa shape index (κ2) is 10.2. The average Bonchev–Trinajstić information content (AvgIpc) is 3.62. The van der Waals surface area contributed by atoms with E-state index in [1.54, 1.807) is 17.0 Å². The average molecular weight is 567 g/mol. The third-order valence-corrected chi connectivity index (χ3v) is 10.1. The number of carbonyl (C=O) groups excluding carboxylic acids is 1. The van der Waals surface area contributed by atoms with Gasteiger partial charge < -0.3 is 14.8 Å². The number of imidazole rings is 1. The smallest absolute Gasteiger partial charge is 0.317 e. The van der Waals surface area contributed by atoms with Gasteiger partial charge in [-0.2, -0.15) is 12.7 Å². The first-order valence-corrected chi connectivity index (χ1v) is 15.3. The Labute approximate surface area is 229 Å². The number of hydrogen-bond donors (Lipinski definition) is 1. The number of amides is 2. The van der Waals surface area contributed by atoms with Crippen LogP contribution in [0.2, 0.25) is 0 Å². The highest BCUT2D eigenvalue weighted by molar-refractivity contribution is 7.90. The van der Waals surface area contributed by atoms with E-state index in [1.807, 2.05) is 6.07 Å². The number of alkyl halides is 2. The summed E-state index contributed by atoms with van der Waals surface area (Å²) < 4.78 is 59.2. The van der Waals surface area contributed by atoms with Crippen molar-refractivity contribution in [2.45, 2.75) is 83.2 Å². The van der Waals surface area contributed by atoms with Crippen molar-refractivity contribution in [3.8, 4) is 0 Å². The maximum atomic E-state index is 13.7. The van der Waals surface area contributed by atoms with Gasteiger partial charge in [0.15, 0.2) is 0 Å². The van der Waals surface area contributed by atoms with Crippen LogP contribution in [0.1, 0.15) is 65.1 Å². The quantitative estimate of drug-likeness (QED) is 0.564. The van der Waals surface area contributed by atoms with Gasteiger partial charge in [-0.3, -0.25) is 4.31 Å². The van der Waals surface area contributed by atoms with E-state index in [0.717, 1.165) is 24.2 Å². The largest absolute Gasteiger partial charge is 0.335 e. The number of nitrogens with zero attached hydrogens (tertiary/aromatic N) is 5. The van der Waals surface area contributed by atoms with Gasteiger partial charge in [0, 0.05) is 64.1 Å². The van der Waals surface area contributed by atoms with Crippen LogP contribution in [0.15, 0.2) is 18.2 Å². The van der Waals surface area contributed by atoms with Crippen LogP contribution in [-0.2, 0) is 22.2 Å². The maximum Gasteiger partial charge on any atom is 0.317 e. The van der Waals surface area contributed by atoms with Crippen molar-refractivity contribution < 1.29 is 22.0 Å². The van der Waals surface area contributed by atoms with E-state index in [2.05, 4.69) is 30.7 Å². The lowest BCUT2D eigenvalue weighted by atomic mass is 9.86. The molecule has 12 heteroatoms. The molecule has 1 saturated heterocycles. The summed E-state index contributed by atoms with van der Waals surface area (Å²) in [4.78, 5) is 18.9. The Kier molecular flexibility index (Phi) is 7.32. The van der Waals surface area contributed by atoms with Gasteiger partial charge in [0.2, 0.25) is 5.92 Å². The van der Waals surface area contributed by atoms with Crippen molar-refractivity contribution in [1.82, 2.24) is 24.1 Å². The van der Waals surface area contributed by atoms with Crippen LogP contribution >= 0.6 is 0 Å². The molecule has 216 valence electrons. The zero-order valence-corrected chi connectivity index (χ0v) is 24.1. The van der Waals surface area contributed by atoms with E-state index in [-0.39, 0.29) is 49.3 Å². The van der Waals surface area contributed by atoms with Crippen LogP contribution < -0.4 is 9.62 Å². The Bertz CT molecular complexity index is 1320. The highest BCUT2D eigenvalue weighted by Gasteiger charge is 2.37. The Morgan fingerprint density at radius 3 is 2.33 bits per heavy atom. The SMILES string of the molecule is CN(c1ccc2c(c1)nc(C(C)(C)C)n2CC1CCC(F)(F)CC1)S(=O)(=O)N1CCN(C(=O)NC2CC2)CC1. The molecular weight excluding hydrogens is 526 g/mol. The molecule has 1 aromatic carbocycles. The van der Waals surface area contributed by atoms with Crippen LogP contribution in [0.4, 0.5) is 19.3 Å². The number of fused-ring (bicyclic) bond motifs is 1. The molecule has 2 saturated carbocycles. The van der Waals surface area contributed by atoms with Gasteiger partial charge in [-0.25, -0.2) is 18.6 Å². The lowest BCUT2D eigenvalue weighted by Crippen LogP contribution is -2.55. The molecule has 2 aromatic rings. The first-order chi connectivity index (χ1) is 18.2. The number of carbonyl (C=O) groups is 1. The Morgan fingerprint density at radius 1 is 1.10 bits per heavy atom. The number of nitrogens with one attached hydrogen (secondary N) is 1. The zero-order valence-electron chi connectivity index (χ0n) is 23.3. The molecule has 2 heterocycles. The minimum Gasteiger partial charge on any atom is -0.335 e. The van der Waals surface area contributed by atoms with Crippen molar-refractivity contribution >= 4 is 33.0 Å². The summed E-state index contributed by atoms with van der Waals surface area (Å²) in [6, 6.07) is 5.58. The predicted molar refractivity (Wildman–Crippen MR) is 147 cm³/mol. The molecular formula is C27H40F2N6O3S. The fraction of sp³-hybridized carbons (Fsp3) is 0.704. The number of anilines is 1. The van der Waals surface area contributed by atoms with E-state index in [9.17, 15) is 22.0 Å². The molecule has 2 aliphatic carbocycles. The zero-order chi connectivity index (χ0) is 28.2. The number of halogens is 2. The fourth-order valence-corrected chi connectivity index (χ4v) is 6.89. The first kappa shape index (κ1) is 28.1. The first-order valence-electron chi connectivity index (χ1n) is 13.9. The Morgan fingerprint density at radius 2 is 1.74 bits per heavy atom. The monoisotopic (exact) mass is 566 g/mol. The van der Waals surface area contributed by atoms with Crippen LogP contribution in [0.3, 0.4) is 0 Å². The lowest BCUT2D eigenvalue weighted by molar-refractivity contribution is -0.0473. The molecule has 2 amide bonds. The summed E-state index contributed by atoms with van der Waals surface area (Å²) in [5.41, 5.74) is 1.78. The molecule has 0 bridgehead atoms. The fourth-order valence-electron chi connectivity index (χ4n) is 5.53. The second-order valence-electron chi connectivity index (χ2n) is 12.4. The van der Waals surface area contributed by atoms with Crippen molar-refractivity contribution in [3.05, 3.63) is 24.0 Å². The van der Waals surface area contributed by atoms with Crippen LogP contribution in [0.25, 0.3) is 11.0 Å². The van der Waals surface area contributed by atoms with Crippen LogP contribution in [-0.4, -0.2) is 78.4 Å². The van der Waals surface area contributed by atoms with Crippen LogP contribution in [0.5, 0.6) is 0 Å². The van der Waals surface area contributed by atoms with E-state index >= 15 is 0 Å². The summed E-state index contributed by atoms with van der Waals surface area (Å²) in [6.07, 6.45) is 2.80. The Balaban J connectivity index is 1.33. The number of benzene rings is 1. The van der Waals surface area contributed by atoms with Crippen molar-refractivity contribution in [3.63, 3.8) is 0 Å². The minimum atomic E-state index is -3.81. The predicted octanol–water partition coefficient (Wildman–Crippen LogP) is 4.33. The van der Waals surface area contributed by atoms with E-state index in [1.165, 1.54) is 15.7 Å². The van der Waals surface area contributed by atoms with Gasteiger partial charge in [-0.1, -0.05) is 20.8 Å². The number of hydrogen-bond acceptors (Lipinski definition) is 4. The summed E-state index contributed by atoms with van der Waals surface area (Å²) in [6.45, 7) is 7.98. The highest BCUT2D eigenvalue weighted by atomic mass is 32.2. The standard InChI is InChI=1S/C27H40F2N6O3S/c1-26(2,3)24-31-22-17-21(7-8-23(22)35(24)18-19-9-11-27(28,29)12-10-19)32(4)39(37,38)34-15-13-33(14-16-34)25(36)30-20-5-6-20/h7-8,17,19-20H,5-6,9-16,18H2,1-4H3,(H,30,36). The molecule has 39 heavy (non-hydrogen) atoms. The maximum absolute atomic E-state index is 13.7. The number of rotatable bonds is 6. The number of urea groups is 1. The van der Waals surface area contributed by atoms with Crippen molar-refractivity contribution in [2.24, 2.45) is 5.92 Å². The van der Waals surface area contributed by atoms with Gasteiger partial charge in [-0.15, -0.1) is 0 Å². The third-order valence-electron chi connectivity index (χ3n) is 8.15. The van der Waals surface area contributed by atoms with E-state index in [0.29, 0.717) is 43.7 Å². The molecule has 0 unspecified atom stereocenters. The minimum absolute atomic E-state index is 0.0819. The lowest BCUT2D eigenvalue weighted by Gasteiger charge is -2.36. The topological polar surface area (TPSA) is 90.8 Å². The number of aromatic nitrogens is 2. The molecule has 5 rings (SSSR count). The van der Waals surface area contributed by atoms with E-state index < -0.39 is 16.1 Å². The molecule has 1 N–H and O–H groups in total. The van der Waals surface area contributed by atoms with Gasteiger partial charge in [0.25, 0.3) is 0 Å². The molecule has 3 aliphatic rings. The molecule has 1 aliphatic heterocycles. The molecule has 1 aromatic heterocycles. The normalized spacial score (nSPS) is 21.3. The van der Waals surface area contributed by atoms with Gasteiger partial charge in [0.05, 0.1) is 16.7 Å². The Hall–Kier alpha value is -2.47. The van der Waals surface area contributed by atoms with Crippen LogP contribution in [0, 0.1) is 5.92 Å². The number of piperazine rings is 1. The molecule has 0 atom stereocenters. The summed E-state index contributed by atoms with van der Waals surface area (Å²) in [5.74, 6) is -1.56. The molecule has 0 radical (unpaired) electrons. The molecule has 9 nitrogen and oxygen atoms in total. The molecule has 0 spiro atoms. The van der Waals surface area contributed by atoms with Gasteiger partial charge >= 0.3 is 16.2 Å². The summed E-state index contributed by atoms with van der Waals surface area (Å²) in [5, 5.41) is 2.96. The third kappa shape index (κ3) is 6.01. The van der Waals surface area contributed by atoms with Crippen molar-refractivity contribution in [1.29, 1.82) is 0 Å². The summed E-state index contributed by atoms with van der Waals surface area (Å²) in [7, 11) is -2.27. The van der Waals surface area contributed by atoms with E-state index in [4.69, 9.17) is 4.98 Å². The molecule has 3 fully saturated rings.